The number of aromatic nitrogens is 1. The SMILES string of the molecule is Cc1ccccc1C(=O)N1CCN(c2cccnc2C=NC2(C(=O)O)CC2CO)CC1. The molecule has 1 aliphatic carbocycles. The first kappa shape index (κ1) is 21.0. The standard InChI is InChI=1S/C23H26N4O4/c1-16-5-2-3-6-18(16)21(29)27-11-9-26(10-12-27)20-7-4-8-24-19(20)14-25-23(22(30)31)13-17(23)15-28/h2-8,14,17,28H,9-13,15H2,1H3,(H,30,31). The molecule has 2 N–H and O–H groups in total. The molecular formula is C23H26N4O4. The number of piperazine rings is 1. The number of aryl methyl sites for hydroxylation is 1. The van der Waals surface area contributed by atoms with Crippen molar-refractivity contribution in [1.29, 1.82) is 0 Å². The summed E-state index contributed by atoms with van der Waals surface area (Å²) in [7, 11) is 0. The lowest BCUT2D eigenvalue weighted by molar-refractivity contribution is -0.140. The summed E-state index contributed by atoms with van der Waals surface area (Å²) in [6.07, 6.45) is 3.48. The van der Waals surface area contributed by atoms with Crippen LogP contribution in [0.15, 0.2) is 47.6 Å². The second-order valence-electron chi connectivity index (χ2n) is 8.07. The van der Waals surface area contributed by atoms with Gasteiger partial charge < -0.3 is 20.0 Å². The number of benzene rings is 1. The topological polar surface area (TPSA) is 106 Å². The lowest BCUT2D eigenvalue weighted by Crippen LogP contribution is -2.49. The number of amides is 1. The predicted molar refractivity (Wildman–Crippen MR) is 117 cm³/mol. The summed E-state index contributed by atoms with van der Waals surface area (Å²) in [5, 5.41) is 18.8. The minimum Gasteiger partial charge on any atom is -0.479 e. The molecular weight excluding hydrogens is 396 g/mol. The molecule has 1 aromatic carbocycles. The second-order valence-corrected chi connectivity index (χ2v) is 8.07. The molecule has 1 aliphatic heterocycles. The third-order valence-electron chi connectivity index (χ3n) is 6.18. The molecule has 8 heteroatoms. The van der Waals surface area contributed by atoms with Gasteiger partial charge in [0.2, 0.25) is 0 Å². The van der Waals surface area contributed by atoms with Gasteiger partial charge in [0.05, 0.1) is 11.9 Å². The number of hydrogen-bond acceptors (Lipinski definition) is 6. The molecule has 2 heterocycles. The van der Waals surface area contributed by atoms with Crippen LogP contribution in [0.25, 0.3) is 0 Å². The van der Waals surface area contributed by atoms with E-state index in [1.54, 1.807) is 6.20 Å². The Kier molecular flexibility index (Phi) is 5.73. The molecule has 8 nitrogen and oxygen atoms in total. The van der Waals surface area contributed by atoms with E-state index in [2.05, 4.69) is 14.9 Å². The molecule has 2 unspecified atom stereocenters. The monoisotopic (exact) mass is 422 g/mol. The zero-order valence-electron chi connectivity index (χ0n) is 17.4. The number of carboxylic acid groups (broad SMARTS) is 1. The van der Waals surface area contributed by atoms with E-state index in [9.17, 15) is 19.8 Å². The molecule has 2 fully saturated rings. The number of pyridine rings is 1. The fourth-order valence-electron chi connectivity index (χ4n) is 4.09. The number of aliphatic imine (C=N–C) groups is 1. The van der Waals surface area contributed by atoms with E-state index in [4.69, 9.17) is 0 Å². The van der Waals surface area contributed by atoms with Gasteiger partial charge in [-0.05, 0) is 37.1 Å². The number of nitrogens with zero attached hydrogens (tertiary/aromatic N) is 4. The molecule has 2 aliphatic rings. The van der Waals surface area contributed by atoms with E-state index in [-0.39, 0.29) is 18.4 Å². The highest BCUT2D eigenvalue weighted by molar-refractivity contribution is 5.96. The van der Waals surface area contributed by atoms with E-state index < -0.39 is 11.5 Å². The molecule has 1 saturated carbocycles. The molecule has 2 aromatic rings. The molecule has 1 saturated heterocycles. The van der Waals surface area contributed by atoms with E-state index in [0.29, 0.717) is 38.3 Å². The second kappa shape index (κ2) is 8.47. The number of anilines is 1. The number of aliphatic carboxylic acids is 1. The number of aliphatic hydroxyl groups excluding tert-OH is 1. The number of carbonyl (C=O) groups is 2. The summed E-state index contributed by atoms with van der Waals surface area (Å²) >= 11 is 0. The Balaban J connectivity index is 1.46. The maximum atomic E-state index is 12.9. The summed E-state index contributed by atoms with van der Waals surface area (Å²) in [4.78, 5) is 37.2. The minimum atomic E-state index is -1.25. The quantitative estimate of drug-likeness (QED) is 0.685. The average molecular weight is 422 g/mol. The van der Waals surface area contributed by atoms with Gasteiger partial charge in [-0.3, -0.25) is 14.8 Å². The number of carbonyl (C=O) groups excluding carboxylic acids is 1. The third-order valence-corrected chi connectivity index (χ3v) is 6.18. The highest BCUT2D eigenvalue weighted by Crippen LogP contribution is 2.47. The van der Waals surface area contributed by atoms with Crippen molar-refractivity contribution in [1.82, 2.24) is 9.88 Å². The molecule has 31 heavy (non-hydrogen) atoms. The van der Waals surface area contributed by atoms with Crippen LogP contribution < -0.4 is 4.90 Å². The third kappa shape index (κ3) is 4.03. The molecule has 162 valence electrons. The first-order valence-electron chi connectivity index (χ1n) is 10.4. The first-order valence-corrected chi connectivity index (χ1v) is 10.4. The van der Waals surface area contributed by atoms with Gasteiger partial charge in [0.25, 0.3) is 5.91 Å². The van der Waals surface area contributed by atoms with E-state index in [1.165, 1.54) is 6.21 Å². The maximum absolute atomic E-state index is 12.9. The van der Waals surface area contributed by atoms with Gasteiger partial charge in [0, 0.05) is 50.5 Å². The van der Waals surface area contributed by atoms with Crippen molar-refractivity contribution >= 4 is 23.8 Å². The Bertz CT molecular complexity index is 1020. The Morgan fingerprint density at radius 1 is 1.19 bits per heavy atom. The molecule has 2 atom stereocenters. The molecule has 1 aromatic heterocycles. The molecule has 0 radical (unpaired) electrons. The van der Waals surface area contributed by atoms with Crippen LogP contribution in [0.1, 0.15) is 28.0 Å². The van der Waals surface area contributed by atoms with Gasteiger partial charge in [-0.15, -0.1) is 0 Å². The van der Waals surface area contributed by atoms with Crippen LogP contribution in [-0.2, 0) is 4.79 Å². The molecule has 0 bridgehead atoms. The number of hydrogen-bond donors (Lipinski definition) is 2. The summed E-state index contributed by atoms with van der Waals surface area (Å²) in [5.41, 5.74) is 1.89. The average Bonchev–Trinajstić information content (AvgIpc) is 3.53. The lowest BCUT2D eigenvalue weighted by atomic mass is 10.1. The van der Waals surface area contributed by atoms with Gasteiger partial charge in [-0.25, -0.2) is 4.79 Å². The van der Waals surface area contributed by atoms with Crippen molar-refractivity contribution in [2.45, 2.75) is 18.9 Å². The summed E-state index contributed by atoms with van der Waals surface area (Å²) < 4.78 is 0. The lowest BCUT2D eigenvalue weighted by Gasteiger charge is -2.36. The van der Waals surface area contributed by atoms with Crippen molar-refractivity contribution in [2.24, 2.45) is 10.9 Å². The van der Waals surface area contributed by atoms with Crippen LogP contribution in [0, 0.1) is 12.8 Å². The van der Waals surface area contributed by atoms with Crippen molar-refractivity contribution in [2.75, 3.05) is 37.7 Å². The van der Waals surface area contributed by atoms with Gasteiger partial charge >= 0.3 is 5.97 Å². The van der Waals surface area contributed by atoms with Crippen molar-refractivity contribution in [3.05, 3.63) is 59.4 Å². The van der Waals surface area contributed by atoms with Gasteiger partial charge in [-0.1, -0.05) is 18.2 Å². The fourth-order valence-corrected chi connectivity index (χ4v) is 4.09. The molecule has 4 rings (SSSR count). The highest BCUT2D eigenvalue weighted by Gasteiger charge is 2.60. The van der Waals surface area contributed by atoms with Gasteiger partial charge in [0.1, 0.15) is 5.69 Å². The van der Waals surface area contributed by atoms with Crippen molar-refractivity contribution in [3.63, 3.8) is 0 Å². The van der Waals surface area contributed by atoms with E-state index in [0.717, 1.165) is 16.8 Å². The zero-order chi connectivity index (χ0) is 22.0. The van der Waals surface area contributed by atoms with Gasteiger partial charge in [-0.2, -0.15) is 0 Å². The summed E-state index contributed by atoms with van der Waals surface area (Å²) in [5.74, 6) is -1.34. The smallest absolute Gasteiger partial charge is 0.331 e. The van der Waals surface area contributed by atoms with Crippen LogP contribution in [0.4, 0.5) is 5.69 Å². The Morgan fingerprint density at radius 3 is 2.58 bits per heavy atom. The zero-order valence-corrected chi connectivity index (χ0v) is 17.4. The van der Waals surface area contributed by atoms with Crippen LogP contribution in [-0.4, -0.2) is 76.5 Å². The van der Waals surface area contributed by atoms with Crippen LogP contribution in [0.2, 0.25) is 0 Å². The summed E-state index contributed by atoms with van der Waals surface area (Å²) in [6, 6.07) is 11.4. The van der Waals surface area contributed by atoms with Crippen LogP contribution in [0.5, 0.6) is 0 Å². The van der Waals surface area contributed by atoms with E-state index in [1.807, 2.05) is 48.2 Å². The van der Waals surface area contributed by atoms with Crippen LogP contribution in [0.3, 0.4) is 0 Å². The van der Waals surface area contributed by atoms with Crippen LogP contribution >= 0.6 is 0 Å². The summed E-state index contributed by atoms with van der Waals surface area (Å²) in [6.45, 7) is 4.21. The number of aliphatic hydroxyl groups is 1. The molecule has 1 amide bonds. The Morgan fingerprint density at radius 2 is 1.94 bits per heavy atom. The van der Waals surface area contributed by atoms with Crippen molar-refractivity contribution in [3.8, 4) is 0 Å². The Labute approximate surface area is 180 Å². The molecule has 0 spiro atoms. The normalized spacial score (nSPS) is 23.2. The fraction of sp³-hybridized carbons (Fsp3) is 0.391. The van der Waals surface area contributed by atoms with Gasteiger partial charge in [0.15, 0.2) is 5.54 Å². The minimum absolute atomic E-state index is 0.0397. The number of rotatable bonds is 6. The highest BCUT2D eigenvalue weighted by atomic mass is 16.4. The number of carboxylic acids is 1. The predicted octanol–water partition coefficient (Wildman–Crippen LogP) is 1.61. The van der Waals surface area contributed by atoms with E-state index >= 15 is 0 Å². The Hall–Kier alpha value is -3.26. The largest absolute Gasteiger partial charge is 0.479 e. The van der Waals surface area contributed by atoms with Crippen molar-refractivity contribution < 1.29 is 19.8 Å². The first-order chi connectivity index (χ1) is 15.0. The maximum Gasteiger partial charge on any atom is 0.331 e.